The van der Waals surface area contributed by atoms with Gasteiger partial charge in [-0.3, -0.25) is 4.90 Å². The highest BCUT2D eigenvalue weighted by Crippen LogP contribution is 2.23. The minimum absolute atomic E-state index is 0.169. The quantitative estimate of drug-likeness (QED) is 0.799. The Kier molecular flexibility index (Phi) is 6.20. The summed E-state index contributed by atoms with van der Waals surface area (Å²) in [6.07, 6.45) is 5.66. The first kappa shape index (κ1) is 16.0. The zero-order valence-electron chi connectivity index (χ0n) is 13.0. The smallest absolute Gasteiger partial charge is 0.329 e. The van der Waals surface area contributed by atoms with Crippen LogP contribution in [0.15, 0.2) is 12.5 Å². The van der Waals surface area contributed by atoms with Crippen LogP contribution in [-0.2, 0) is 16.1 Å². The van der Waals surface area contributed by atoms with Gasteiger partial charge >= 0.3 is 5.97 Å². The molecule has 1 unspecified atom stereocenters. The van der Waals surface area contributed by atoms with Crippen molar-refractivity contribution in [2.75, 3.05) is 32.8 Å². The number of esters is 1. The second-order valence-electron chi connectivity index (χ2n) is 5.31. The highest BCUT2D eigenvalue weighted by molar-refractivity contribution is 5.77. The average molecular weight is 294 g/mol. The summed E-state index contributed by atoms with van der Waals surface area (Å²) >= 11 is 0. The lowest BCUT2D eigenvalue weighted by Gasteiger charge is -2.29. The Morgan fingerprint density at radius 1 is 1.43 bits per heavy atom. The molecular weight excluding hydrogens is 268 g/mol. The normalized spacial score (nSPS) is 18.2. The summed E-state index contributed by atoms with van der Waals surface area (Å²) in [6.45, 7) is 8.90. The molecule has 1 fully saturated rings. The molecule has 1 atom stereocenters. The minimum Gasteiger partial charge on any atom is -0.465 e. The maximum atomic E-state index is 12.5. The second-order valence-corrected chi connectivity index (χ2v) is 5.31. The molecule has 2 rings (SSSR count). The van der Waals surface area contributed by atoms with Crippen LogP contribution in [0.3, 0.4) is 0 Å². The van der Waals surface area contributed by atoms with Crippen LogP contribution in [0, 0.1) is 0 Å². The van der Waals surface area contributed by atoms with Crippen LogP contribution in [0.25, 0.3) is 0 Å². The Hall–Kier alpha value is -1.40. The Balaban J connectivity index is 2.25. The number of aryl methyl sites for hydroxylation is 1. The van der Waals surface area contributed by atoms with E-state index >= 15 is 0 Å². The molecule has 1 N–H and O–H groups in total. The fraction of sp³-hybridized carbons (Fsp3) is 0.733. The number of hydrogen-bond acceptors (Lipinski definition) is 5. The summed E-state index contributed by atoms with van der Waals surface area (Å²) in [4.78, 5) is 18.9. The fourth-order valence-corrected chi connectivity index (χ4v) is 2.79. The van der Waals surface area contributed by atoms with Gasteiger partial charge < -0.3 is 14.6 Å². The second kappa shape index (κ2) is 8.14. The maximum Gasteiger partial charge on any atom is 0.329 e. The number of imidazole rings is 1. The fourth-order valence-electron chi connectivity index (χ4n) is 2.79. The number of hydrogen-bond donors (Lipinski definition) is 1. The van der Waals surface area contributed by atoms with Crippen molar-refractivity contribution in [3.63, 3.8) is 0 Å². The molecule has 2 heterocycles. The Bertz CT molecular complexity index is 439. The van der Waals surface area contributed by atoms with Gasteiger partial charge in [-0.15, -0.1) is 0 Å². The molecule has 1 aliphatic heterocycles. The van der Waals surface area contributed by atoms with Crippen molar-refractivity contribution in [2.24, 2.45) is 0 Å². The van der Waals surface area contributed by atoms with Gasteiger partial charge in [-0.2, -0.15) is 0 Å². The standard InChI is InChI=1S/C15H26N4O2/c1-3-8-19-12-17-11-13(19)14(15(20)21-4-2)18-9-5-6-16-7-10-18/h11-12,14,16H,3-10H2,1-2H3. The third kappa shape index (κ3) is 4.04. The van der Waals surface area contributed by atoms with Crippen molar-refractivity contribution in [3.05, 3.63) is 18.2 Å². The third-order valence-electron chi connectivity index (χ3n) is 3.74. The molecule has 0 spiro atoms. The number of carbonyl (C=O) groups is 1. The summed E-state index contributed by atoms with van der Waals surface area (Å²) in [5.74, 6) is -0.169. The Morgan fingerprint density at radius 3 is 3.05 bits per heavy atom. The Labute approximate surface area is 126 Å². The third-order valence-corrected chi connectivity index (χ3v) is 3.74. The lowest BCUT2D eigenvalue weighted by molar-refractivity contribution is -0.150. The van der Waals surface area contributed by atoms with E-state index in [4.69, 9.17) is 4.74 Å². The predicted molar refractivity (Wildman–Crippen MR) is 81.0 cm³/mol. The van der Waals surface area contributed by atoms with Gasteiger partial charge in [0, 0.05) is 26.2 Å². The van der Waals surface area contributed by atoms with Crippen LogP contribution >= 0.6 is 0 Å². The van der Waals surface area contributed by atoms with E-state index in [9.17, 15) is 4.79 Å². The van der Waals surface area contributed by atoms with E-state index in [-0.39, 0.29) is 12.0 Å². The van der Waals surface area contributed by atoms with Gasteiger partial charge in [-0.05, 0) is 26.3 Å². The minimum atomic E-state index is -0.348. The maximum absolute atomic E-state index is 12.5. The highest BCUT2D eigenvalue weighted by atomic mass is 16.5. The predicted octanol–water partition coefficient (Wildman–Crippen LogP) is 1.19. The summed E-state index contributed by atoms with van der Waals surface area (Å²) < 4.78 is 7.38. The van der Waals surface area contributed by atoms with Crippen molar-refractivity contribution in [3.8, 4) is 0 Å². The number of ether oxygens (including phenoxy) is 1. The van der Waals surface area contributed by atoms with Crippen molar-refractivity contribution >= 4 is 5.97 Å². The van der Waals surface area contributed by atoms with E-state index in [2.05, 4.69) is 26.7 Å². The van der Waals surface area contributed by atoms with E-state index < -0.39 is 0 Å². The van der Waals surface area contributed by atoms with Crippen LogP contribution in [0.1, 0.15) is 38.4 Å². The van der Waals surface area contributed by atoms with Gasteiger partial charge in [-0.1, -0.05) is 6.92 Å². The highest BCUT2D eigenvalue weighted by Gasteiger charge is 2.31. The van der Waals surface area contributed by atoms with E-state index in [1.54, 1.807) is 12.5 Å². The van der Waals surface area contributed by atoms with Gasteiger partial charge in [0.05, 0.1) is 24.8 Å². The lowest BCUT2D eigenvalue weighted by Crippen LogP contribution is -2.38. The molecule has 6 nitrogen and oxygen atoms in total. The zero-order valence-corrected chi connectivity index (χ0v) is 13.0. The molecule has 1 aromatic rings. The van der Waals surface area contributed by atoms with Crippen LogP contribution in [-0.4, -0.2) is 53.2 Å². The largest absolute Gasteiger partial charge is 0.465 e. The van der Waals surface area contributed by atoms with Crippen LogP contribution < -0.4 is 5.32 Å². The summed E-state index contributed by atoms with van der Waals surface area (Å²) in [7, 11) is 0. The van der Waals surface area contributed by atoms with Crippen molar-refractivity contribution in [2.45, 2.75) is 39.3 Å². The molecule has 1 saturated heterocycles. The molecular formula is C15H26N4O2. The molecule has 0 bridgehead atoms. The van der Waals surface area contributed by atoms with Gasteiger partial charge in [0.15, 0.2) is 6.04 Å². The van der Waals surface area contributed by atoms with Crippen LogP contribution in [0.2, 0.25) is 0 Å². The van der Waals surface area contributed by atoms with Crippen molar-refractivity contribution in [1.82, 2.24) is 19.8 Å². The summed E-state index contributed by atoms with van der Waals surface area (Å²) in [5.41, 5.74) is 0.942. The SMILES string of the molecule is CCCn1cncc1C(C(=O)OCC)N1CCCNCC1. The molecule has 0 amide bonds. The number of carbonyl (C=O) groups excluding carboxylic acids is 1. The molecule has 21 heavy (non-hydrogen) atoms. The first-order chi connectivity index (χ1) is 10.3. The first-order valence-electron chi connectivity index (χ1n) is 7.89. The topological polar surface area (TPSA) is 59.4 Å². The van der Waals surface area contributed by atoms with Crippen molar-refractivity contribution < 1.29 is 9.53 Å². The van der Waals surface area contributed by atoms with Crippen molar-refractivity contribution in [1.29, 1.82) is 0 Å². The number of rotatable bonds is 6. The molecule has 0 aromatic carbocycles. The van der Waals surface area contributed by atoms with Gasteiger partial charge in [-0.25, -0.2) is 9.78 Å². The van der Waals surface area contributed by atoms with E-state index in [1.165, 1.54) is 0 Å². The average Bonchev–Trinajstić information content (AvgIpc) is 2.75. The lowest BCUT2D eigenvalue weighted by atomic mass is 10.1. The van der Waals surface area contributed by atoms with Gasteiger partial charge in [0.25, 0.3) is 0 Å². The van der Waals surface area contributed by atoms with E-state index in [0.29, 0.717) is 6.61 Å². The molecule has 0 saturated carbocycles. The number of nitrogens with zero attached hydrogens (tertiary/aromatic N) is 3. The molecule has 118 valence electrons. The molecule has 6 heteroatoms. The van der Waals surface area contributed by atoms with E-state index in [0.717, 1.165) is 51.3 Å². The molecule has 1 aromatic heterocycles. The summed E-state index contributed by atoms with van der Waals surface area (Å²) in [5, 5.41) is 3.37. The molecule has 0 aliphatic carbocycles. The van der Waals surface area contributed by atoms with Gasteiger partial charge in [0.1, 0.15) is 0 Å². The Morgan fingerprint density at radius 2 is 2.29 bits per heavy atom. The monoisotopic (exact) mass is 294 g/mol. The number of aromatic nitrogens is 2. The molecule has 1 aliphatic rings. The van der Waals surface area contributed by atoms with Crippen LogP contribution in [0.5, 0.6) is 0 Å². The zero-order chi connectivity index (χ0) is 15.1. The summed E-state index contributed by atoms with van der Waals surface area (Å²) in [6, 6.07) is -0.348. The van der Waals surface area contributed by atoms with Crippen LogP contribution in [0.4, 0.5) is 0 Å². The molecule has 0 radical (unpaired) electrons. The van der Waals surface area contributed by atoms with Gasteiger partial charge in [0.2, 0.25) is 0 Å². The van der Waals surface area contributed by atoms with E-state index in [1.807, 2.05) is 6.92 Å². The number of nitrogens with one attached hydrogen (secondary N) is 1. The first-order valence-corrected chi connectivity index (χ1v) is 7.89.